The minimum Gasteiger partial charge on any atom is -0.480 e. The van der Waals surface area contributed by atoms with Crippen molar-refractivity contribution in [1.82, 2.24) is 5.32 Å². The minimum atomic E-state index is -4.76. The number of rotatable bonds is 41. The number of phosphoric ester groups is 1. The number of esters is 1. The Morgan fingerprint density at radius 3 is 1.53 bits per heavy atom. The number of aliphatic hydroxyl groups is 1. The molecule has 11 nitrogen and oxygen atoms in total. The lowest BCUT2D eigenvalue weighted by Crippen LogP contribution is -2.43. The summed E-state index contributed by atoms with van der Waals surface area (Å²) in [5, 5.41) is 21.8. The number of carboxylic acid groups (broad SMARTS) is 1. The van der Waals surface area contributed by atoms with Crippen molar-refractivity contribution in [2.24, 2.45) is 0 Å². The van der Waals surface area contributed by atoms with Crippen molar-refractivity contribution < 1.29 is 47.8 Å². The fourth-order valence-electron chi connectivity index (χ4n) is 5.85. The standard InChI is InChI=1S/C45H80NO10P/c1-3-5-7-9-11-13-15-16-17-18-19-20-21-22-23-24-25-26-27-29-31-33-35-37-44(49)54-38-41(47)39-55-57(52,53)56-40-42(45(50)51)46-43(48)36-34-32-30-28-14-12-10-8-6-4-2/h8,10-11,13,16-17,19-20,41-42,47H,3-7,9,12,14-15,18,21-40H2,1-2H3,(H,46,48)(H,50,51)(H,52,53)/b10-8-,13-11-,17-16-,20-19-. The number of phosphoric acid groups is 1. The summed E-state index contributed by atoms with van der Waals surface area (Å²) in [6.45, 7) is 2.47. The van der Waals surface area contributed by atoms with Gasteiger partial charge in [0.1, 0.15) is 12.7 Å². The Bertz CT molecular complexity index is 1150. The first-order chi connectivity index (χ1) is 27.6. The first-order valence-electron chi connectivity index (χ1n) is 22.2. The van der Waals surface area contributed by atoms with Crippen molar-refractivity contribution in [3.63, 3.8) is 0 Å². The lowest BCUT2D eigenvalue weighted by molar-refractivity contribution is -0.147. The van der Waals surface area contributed by atoms with Crippen molar-refractivity contribution in [1.29, 1.82) is 0 Å². The number of allylic oxidation sites excluding steroid dienone is 8. The van der Waals surface area contributed by atoms with Crippen LogP contribution in [0.1, 0.15) is 187 Å². The van der Waals surface area contributed by atoms with Crippen LogP contribution < -0.4 is 5.32 Å². The Kier molecular flexibility index (Phi) is 38.4. The van der Waals surface area contributed by atoms with E-state index in [9.17, 15) is 34.1 Å². The van der Waals surface area contributed by atoms with Crippen molar-refractivity contribution in [3.8, 4) is 0 Å². The number of carbonyl (C=O) groups is 3. The molecule has 0 rings (SSSR count). The maximum atomic E-state index is 12.2. The molecule has 0 aliphatic carbocycles. The molecule has 0 aromatic carbocycles. The average molecular weight is 826 g/mol. The van der Waals surface area contributed by atoms with Crippen LogP contribution in [0.5, 0.6) is 0 Å². The zero-order valence-corrected chi connectivity index (χ0v) is 36.5. The topological polar surface area (TPSA) is 169 Å². The molecule has 0 saturated heterocycles. The smallest absolute Gasteiger partial charge is 0.472 e. The summed E-state index contributed by atoms with van der Waals surface area (Å²) >= 11 is 0. The van der Waals surface area contributed by atoms with E-state index in [2.05, 4.69) is 67.8 Å². The predicted molar refractivity (Wildman–Crippen MR) is 231 cm³/mol. The monoisotopic (exact) mass is 826 g/mol. The maximum absolute atomic E-state index is 12.2. The van der Waals surface area contributed by atoms with E-state index >= 15 is 0 Å². The third kappa shape index (κ3) is 40.0. The summed E-state index contributed by atoms with van der Waals surface area (Å²) in [4.78, 5) is 45.8. The fraction of sp³-hybridized carbons (Fsp3) is 0.756. The summed E-state index contributed by atoms with van der Waals surface area (Å²) in [6.07, 6.45) is 44.4. The molecule has 0 bridgehead atoms. The highest BCUT2D eigenvalue weighted by Gasteiger charge is 2.28. The molecule has 0 saturated carbocycles. The molecule has 330 valence electrons. The molecule has 0 radical (unpaired) electrons. The highest BCUT2D eigenvalue weighted by molar-refractivity contribution is 7.47. The van der Waals surface area contributed by atoms with Crippen LogP contribution in [-0.4, -0.2) is 64.9 Å². The van der Waals surface area contributed by atoms with Crippen LogP contribution in [0.25, 0.3) is 0 Å². The molecular formula is C45H80NO10P. The van der Waals surface area contributed by atoms with Crippen LogP contribution in [0.3, 0.4) is 0 Å². The molecule has 0 aromatic heterocycles. The van der Waals surface area contributed by atoms with E-state index in [4.69, 9.17) is 13.8 Å². The zero-order valence-electron chi connectivity index (χ0n) is 35.6. The third-order valence-corrected chi connectivity index (χ3v) is 10.3. The van der Waals surface area contributed by atoms with Gasteiger partial charge in [0.25, 0.3) is 0 Å². The molecule has 0 aliphatic heterocycles. The minimum absolute atomic E-state index is 0.133. The van der Waals surface area contributed by atoms with Gasteiger partial charge in [-0.05, 0) is 70.6 Å². The summed E-state index contributed by atoms with van der Waals surface area (Å²) in [5.74, 6) is -2.39. The molecule has 0 fully saturated rings. The van der Waals surface area contributed by atoms with E-state index in [1.807, 2.05) is 0 Å². The largest absolute Gasteiger partial charge is 0.480 e. The van der Waals surface area contributed by atoms with Gasteiger partial charge in [0, 0.05) is 12.8 Å². The van der Waals surface area contributed by atoms with Crippen LogP contribution in [0.4, 0.5) is 0 Å². The first kappa shape index (κ1) is 54.4. The number of ether oxygens (including phenoxy) is 1. The molecule has 4 N–H and O–H groups in total. The number of carboxylic acids is 1. The quantitative estimate of drug-likeness (QED) is 0.0201. The van der Waals surface area contributed by atoms with Gasteiger partial charge in [-0.3, -0.25) is 18.6 Å². The number of nitrogens with one attached hydrogen (secondary N) is 1. The lowest BCUT2D eigenvalue weighted by Gasteiger charge is -2.18. The molecule has 57 heavy (non-hydrogen) atoms. The molecular weight excluding hydrogens is 745 g/mol. The molecule has 0 spiro atoms. The van der Waals surface area contributed by atoms with E-state index in [0.717, 1.165) is 83.5 Å². The van der Waals surface area contributed by atoms with Gasteiger partial charge in [-0.1, -0.05) is 152 Å². The number of aliphatic hydroxyl groups excluding tert-OH is 1. The third-order valence-electron chi connectivity index (χ3n) is 9.32. The van der Waals surface area contributed by atoms with Gasteiger partial charge in [0.2, 0.25) is 5.91 Å². The van der Waals surface area contributed by atoms with Crippen LogP contribution in [-0.2, 0) is 32.7 Å². The number of carbonyl (C=O) groups excluding carboxylic acids is 2. The molecule has 0 aromatic rings. The van der Waals surface area contributed by atoms with E-state index < -0.39 is 57.6 Å². The van der Waals surface area contributed by atoms with Gasteiger partial charge in [0.15, 0.2) is 6.04 Å². The molecule has 0 aliphatic rings. The van der Waals surface area contributed by atoms with Gasteiger partial charge < -0.3 is 25.2 Å². The average Bonchev–Trinajstić information content (AvgIpc) is 3.18. The Labute approximate surface area is 345 Å². The van der Waals surface area contributed by atoms with Crippen LogP contribution in [0, 0.1) is 0 Å². The van der Waals surface area contributed by atoms with E-state index in [0.29, 0.717) is 12.8 Å². The van der Waals surface area contributed by atoms with E-state index in [1.165, 1.54) is 64.2 Å². The molecule has 0 heterocycles. The Hall–Kier alpha value is -2.56. The highest BCUT2D eigenvalue weighted by Crippen LogP contribution is 2.43. The van der Waals surface area contributed by atoms with Crippen LogP contribution in [0.15, 0.2) is 48.6 Å². The number of hydrogen-bond donors (Lipinski definition) is 4. The summed E-state index contributed by atoms with van der Waals surface area (Å²) in [6, 6.07) is -1.55. The zero-order chi connectivity index (χ0) is 42.1. The van der Waals surface area contributed by atoms with E-state index in [-0.39, 0.29) is 12.8 Å². The molecule has 3 unspecified atom stereocenters. The van der Waals surface area contributed by atoms with Gasteiger partial charge >= 0.3 is 19.8 Å². The van der Waals surface area contributed by atoms with Gasteiger partial charge in [0.05, 0.1) is 13.2 Å². The molecule has 3 atom stereocenters. The SMILES string of the molecule is CCC/C=C\CCCCCCCC(=O)NC(COP(=O)(O)OCC(O)COC(=O)CCCCCCCCCCCC/C=C\C/C=C\C/C=C\CCCCC)C(=O)O. The number of hydrogen-bond acceptors (Lipinski definition) is 8. The lowest BCUT2D eigenvalue weighted by atomic mass is 10.1. The Morgan fingerprint density at radius 2 is 1.00 bits per heavy atom. The second-order valence-electron chi connectivity index (χ2n) is 14.9. The number of aliphatic carboxylic acids is 1. The number of unbranched alkanes of at least 4 members (excludes halogenated alkanes) is 19. The summed E-state index contributed by atoms with van der Waals surface area (Å²) in [7, 11) is -4.76. The maximum Gasteiger partial charge on any atom is 0.472 e. The van der Waals surface area contributed by atoms with Crippen molar-refractivity contribution in [3.05, 3.63) is 48.6 Å². The van der Waals surface area contributed by atoms with Gasteiger partial charge in [-0.2, -0.15) is 0 Å². The predicted octanol–water partition coefficient (Wildman–Crippen LogP) is 11.4. The van der Waals surface area contributed by atoms with Crippen LogP contribution in [0.2, 0.25) is 0 Å². The highest BCUT2D eigenvalue weighted by atomic mass is 31.2. The Morgan fingerprint density at radius 1 is 0.561 bits per heavy atom. The van der Waals surface area contributed by atoms with Crippen molar-refractivity contribution >= 4 is 25.7 Å². The van der Waals surface area contributed by atoms with Gasteiger partial charge in [-0.15, -0.1) is 0 Å². The van der Waals surface area contributed by atoms with Crippen LogP contribution >= 0.6 is 7.82 Å². The number of amides is 1. The first-order valence-corrected chi connectivity index (χ1v) is 23.7. The van der Waals surface area contributed by atoms with Gasteiger partial charge in [-0.25, -0.2) is 9.36 Å². The van der Waals surface area contributed by atoms with Crippen molar-refractivity contribution in [2.45, 2.75) is 199 Å². The summed E-state index contributed by atoms with van der Waals surface area (Å²) < 4.78 is 26.8. The van der Waals surface area contributed by atoms with Crippen molar-refractivity contribution in [2.75, 3.05) is 19.8 Å². The molecule has 12 heteroatoms. The molecule has 1 amide bonds. The van der Waals surface area contributed by atoms with E-state index in [1.54, 1.807) is 0 Å². The summed E-state index contributed by atoms with van der Waals surface area (Å²) in [5.41, 5.74) is 0. The Balaban J connectivity index is 3.83. The second-order valence-corrected chi connectivity index (χ2v) is 16.3. The second kappa shape index (κ2) is 40.2. The fourth-order valence-corrected chi connectivity index (χ4v) is 6.63. The normalized spacial score (nSPS) is 14.2.